The lowest BCUT2D eigenvalue weighted by Crippen LogP contribution is -2.40. The monoisotopic (exact) mass is 206 g/mol. The number of aliphatic hydroxyl groups is 1. The summed E-state index contributed by atoms with van der Waals surface area (Å²) in [5.41, 5.74) is 0.668. The van der Waals surface area contributed by atoms with Gasteiger partial charge in [-0.25, -0.2) is 0 Å². The van der Waals surface area contributed by atoms with Gasteiger partial charge >= 0.3 is 0 Å². The number of aromatic nitrogens is 1. The Hall–Kier alpha value is -1.42. The maximum atomic E-state index is 11.9. The third kappa shape index (κ3) is 2.33. The van der Waals surface area contributed by atoms with Crippen LogP contribution in [0.1, 0.15) is 23.2 Å². The molecule has 2 rings (SSSR count). The second kappa shape index (κ2) is 4.40. The molecule has 1 aromatic rings. The highest BCUT2D eigenvalue weighted by molar-refractivity contribution is 5.94. The summed E-state index contributed by atoms with van der Waals surface area (Å²) in [5, 5.41) is 9.33. The molecule has 0 aromatic carbocycles. The molecular formula is C11H14N2O2. The van der Waals surface area contributed by atoms with E-state index in [0.717, 1.165) is 0 Å². The molecule has 0 radical (unpaired) electrons. The number of nitrogens with zero attached hydrogens (tertiary/aromatic N) is 2. The van der Waals surface area contributed by atoms with Crippen LogP contribution in [0.5, 0.6) is 0 Å². The van der Waals surface area contributed by atoms with Crippen molar-refractivity contribution in [2.75, 3.05) is 13.1 Å². The molecule has 0 aliphatic carbocycles. The number of rotatable bonds is 1. The summed E-state index contributed by atoms with van der Waals surface area (Å²) in [7, 11) is 0. The van der Waals surface area contributed by atoms with Crippen molar-refractivity contribution in [3.8, 4) is 0 Å². The molecule has 1 saturated heterocycles. The van der Waals surface area contributed by atoms with Gasteiger partial charge < -0.3 is 10.0 Å². The van der Waals surface area contributed by atoms with Gasteiger partial charge in [-0.1, -0.05) is 0 Å². The summed E-state index contributed by atoms with van der Waals surface area (Å²) in [6.45, 7) is 1.28. The quantitative estimate of drug-likeness (QED) is 0.735. The van der Waals surface area contributed by atoms with Crippen LogP contribution >= 0.6 is 0 Å². The lowest BCUT2D eigenvalue weighted by molar-refractivity contribution is 0.0546. The third-order valence-corrected chi connectivity index (χ3v) is 2.68. The molecule has 1 fully saturated rings. The molecule has 1 N–H and O–H groups in total. The lowest BCUT2D eigenvalue weighted by atomic mass is 10.1. The molecule has 0 saturated carbocycles. The van der Waals surface area contributed by atoms with Gasteiger partial charge in [-0.2, -0.15) is 0 Å². The van der Waals surface area contributed by atoms with Crippen molar-refractivity contribution < 1.29 is 9.90 Å². The van der Waals surface area contributed by atoms with Crippen LogP contribution in [-0.2, 0) is 0 Å². The predicted molar refractivity (Wildman–Crippen MR) is 55.4 cm³/mol. The van der Waals surface area contributed by atoms with Crippen molar-refractivity contribution in [3.63, 3.8) is 0 Å². The van der Waals surface area contributed by atoms with E-state index in [1.165, 1.54) is 0 Å². The number of hydrogen-bond donors (Lipinski definition) is 1. The Morgan fingerprint density at radius 2 is 1.93 bits per heavy atom. The molecule has 15 heavy (non-hydrogen) atoms. The summed E-state index contributed by atoms with van der Waals surface area (Å²) < 4.78 is 0. The molecule has 4 heteroatoms. The number of likely N-dealkylation sites (tertiary alicyclic amines) is 1. The molecule has 1 aromatic heterocycles. The first kappa shape index (κ1) is 10.1. The highest BCUT2D eigenvalue weighted by Gasteiger charge is 2.21. The van der Waals surface area contributed by atoms with Crippen LogP contribution in [0, 0.1) is 0 Å². The van der Waals surface area contributed by atoms with Gasteiger partial charge in [0.2, 0.25) is 0 Å². The lowest BCUT2D eigenvalue weighted by Gasteiger charge is -2.29. The van der Waals surface area contributed by atoms with E-state index in [-0.39, 0.29) is 12.0 Å². The summed E-state index contributed by atoms with van der Waals surface area (Å²) in [5.74, 6) is 0.0318. The minimum absolute atomic E-state index is 0.0318. The van der Waals surface area contributed by atoms with E-state index >= 15 is 0 Å². The summed E-state index contributed by atoms with van der Waals surface area (Å²) in [4.78, 5) is 17.6. The van der Waals surface area contributed by atoms with E-state index in [4.69, 9.17) is 0 Å². The fourth-order valence-electron chi connectivity index (χ4n) is 1.75. The smallest absolute Gasteiger partial charge is 0.253 e. The van der Waals surface area contributed by atoms with Crippen molar-refractivity contribution in [2.24, 2.45) is 0 Å². The number of piperidine rings is 1. The number of hydrogen-bond acceptors (Lipinski definition) is 3. The van der Waals surface area contributed by atoms with E-state index in [2.05, 4.69) is 4.98 Å². The van der Waals surface area contributed by atoms with Gasteiger partial charge in [0.1, 0.15) is 0 Å². The number of carbonyl (C=O) groups is 1. The average molecular weight is 206 g/mol. The Morgan fingerprint density at radius 1 is 1.33 bits per heavy atom. The fourth-order valence-corrected chi connectivity index (χ4v) is 1.75. The van der Waals surface area contributed by atoms with Gasteiger partial charge in [-0.3, -0.25) is 9.78 Å². The van der Waals surface area contributed by atoms with Crippen molar-refractivity contribution >= 4 is 5.91 Å². The molecule has 0 bridgehead atoms. The standard InChI is InChI=1S/C11H14N2O2/c14-10-3-7-13(8-4-10)11(15)9-1-5-12-6-2-9/h1-2,5-6,10,14H,3-4,7-8H2. The number of carbonyl (C=O) groups excluding carboxylic acids is 1. The molecule has 1 amide bonds. The molecule has 1 aliphatic heterocycles. The van der Waals surface area contributed by atoms with Gasteiger partial charge in [0.05, 0.1) is 6.10 Å². The normalized spacial score (nSPS) is 17.8. The zero-order valence-corrected chi connectivity index (χ0v) is 8.47. The average Bonchev–Trinajstić information content (AvgIpc) is 2.30. The molecular weight excluding hydrogens is 192 g/mol. The first-order chi connectivity index (χ1) is 7.27. The highest BCUT2D eigenvalue weighted by Crippen LogP contribution is 2.13. The van der Waals surface area contributed by atoms with Crippen LogP contribution in [0.4, 0.5) is 0 Å². The Morgan fingerprint density at radius 3 is 2.53 bits per heavy atom. The van der Waals surface area contributed by atoms with E-state index in [9.17, 15) is 9.90 Å². The minimum atomic E-state index is -0.244. The van der Waals surface area contributed by atoms with Gasteiger partial charge in [0.25, 0.3) is 5.91 Å². The zero-order chi connectivity index (χ0) is 10.7. The molecule has 4 nitrogen and oxygen atoms in total. The first-order valence-electron chi connectivity index (χ1n) is 5.15. The first-order valence-corrected chi connectivity index (χ1v) is 5.15. The second-order valence-corrected chi connectivity index (χ2v) is 3.76. The summed E-state index contributed by atoms with van der Waals surface area (Å²) in [6, 6.07) is 3.43. The fraction of sp³-hybridized carbons (Fsp3) is 0.455. The molecule has 1 aliphatic rings. The van der Waals surface area contributed by atoms with Crippen molar-refractivity contribution in [2.45, 2.75) is 18.9 Å². The molecule has 2 heterocycles. The van der Waals surface area contributed by atoms with Crippen LogP contribution in [0.3, 0.4) is 0 Å². The van der Waals surface area contributed by atoms with Gasteiger partial charge in [-0.05, 0) is 25.0 Å². The highest BCUT2D eigenvalue weighted by atomic mass is 16.3. The molecule has 0 unspecified atom stereocenters. The number of aliphatic hydroxyl groups excluding tert-OH is 1. The van der Waals surface area contributed by atoms with E-state index < -0.39 is 0 Å². The van der Waals surface area contributed by atoms with E-state index in [1.807, 2.05) is 0 Å². The van der Waals surface area contributed by atoms with Gasteiger partial charge in [-0.15, -0.1) is 0 Å². The molecule has 0 atom stereocenters. The zero-order valence-electron chi connectivity index (χ0n) is 8.47. The Bertz CT molecular complexity index is 332. The van der Waals surface area contributed by atoms with Crippen molar-refractivity contribution in [1.29, 1.82) is 0 Å². The van der Waals surface area contributed by atoms with Crippen LogP contribution in [0.15, 0.2) is 24.5 Å². The maximum Gasteiger partial charge on any atom is 0.253 e. The number of amides is 1. The van der Waals surface area contributed by atoms with Crippen LogP contribution in [0.25, 0.3) is 0 Å². The minimum Gasteiger partial charge on any atom is -0.393 e. The van der Waals surface area contributed by atoms with E-state index in [1.54, 1.807) is 29.4 Å². The Balaban J connectivity index is 2.03. The van der Waals surface area contributed by atoms with Gasteiger partial charge in [0, 0.05) is 31.0 Å². The van der Waals surface area contributed by atoms with Crippen LogP contribution in [0.2, 0.25) is 0 Å². The predicted octanol–water partition coefficient (Wildman–Crippen LogP) is 0.678. The van der Waals surface area contributed by atoms with Crippen LogP contribution < -0.4 is 0 Å². The molecule has 80 valence electrons. The topological polar surface area (TPSA) is 53.4 Å². The van der Waals surface area contributed by atoms with Crippen molar-refractivity contribution in [1.82, 2.24) is 9.88 Å². The van der Waals surface area contributed by atoms with Gasteiger partial charge in [0.15, 0.2) is 0 Å². The Labute approximate surface area is 88.6 Å². The van der Waals surface area contributed by atoms with E-state index in [0.29, 0.717) is 31.5 Å². The summed E-state index contributed by atoms with van der Waals surface area (Å²) in [6.07, 6.45) is 4.34. The van der Waals surface area contributed by atoms with Crippen LogP contribution in [-0.4, -0.2) is 40.1 Å². The maximum absolute atomic E-state index is 11.9. The second-order valence-electron chi connectivity index (χ2n) is 3.76. The molecule has 0 spiro atoms. The van der Waals surface area contributed by atoms with Crippen molar-refractivity contribution in [3.05, 3.63) is 30.1 Å². The summed E-state index contributed by atoms with van der Waals surface area (Å²) >= 11 is 0. The third-order valence-electron chi connectivity index (χ3n) is 2.68. The Kier molecular flexibility index (Phi) is 2.97. The largest absolute Gasteiger partial charge is 0.393 e. The number of pyridine rings is 1. The SMILES string of the molecule is O=C(c1ccncc1)N1CCC(O)CC1.